The fourth-order valence-electron chi connectivity index (χ4n) is 3.81. The SMILES string of the molecule is C=CCn1c(SC(C)C(=O)c2ccc3c(c2)CCN3C(C)=O)nnc1-c1ccc(Cl)cc1. The van der Waals surface area contributed by atoms with Gasteiger partial charge in [0, 0.05) is 41.9 Å². The number of carbonyl (C=O) groups excluding carboxylic acids is 2. The van der Waals surface area contributed by atoms with Gasteiger partial charge in [0.2, 0.25) is 5.91 Å². The van der Waals surface area contributed by atoms with Crippen LogP contribution >= 0.6 is 23.4 Å². The molecule has 8 heteroatoms. The van der Waals surface area contributed by atoms with Gasteiger partial charge in [-0.25, -0.2) is 0 Å². The van der Waals surface area contributed by atoms with Crippen LogP contribution in [0.1, 0.15) is 29.8 Å². The van der Waals surface area contributed by atoms with Gasteiger partial charge in [0.05, 0.1) is 5.25 Å². The zero-order valence-corrected chi connectivity index (χ0v) is 19.5. The summed E-state index contributed by atoms with van der Waals surface area (Å²) in [6.45, 7) is 8.45. The molecule has 0 radical (unpaired) electrons. The summed E-state index contributed by atoms with van der Waals surface area (Å²) in [5.74, 6) is 0.732. The normalized spacial score (nSPS) is 13.7. The number of halogens is 1. The van der Waals surface area contributed by atoms with Crippen LogP contribution in [-0.4, -0.2) is 38.2 Å². The highest BCUT2D eigenvalue weighted by Gasteiger charge is 2.26. The van der Waals surface area contributed by atoms with Crippen molar-refractivity contribution in [2.75, 3.05) is 11.4 Å². The molecule has 2 heterocycles. The Labute approximate surface area is 196 Å². The lowest BCUT2D eigenvalue weighted by Crippen LogP contribution is -2.25. The van der Waals surface area contributed by atoms with Gasteiger partial charge in [-0.15, -0.1) is 16.8 Å². The van der Waals surface area contributed by atoms with Crippen LogP contribution in [0.15, 0.2) is 60.3 Å². The average molecular weight is 467 g/mol. The van der Waals surface area contributed by atoms with E-state index in [1.807, 2.05) is 47.9 Å². The third-order valence-electron chi connectivity index (χ3n) is 5.42. The number of fused-ring (bicyclic) bond motifs is 1. The van der Waals surface area contributed by atoms with Crippen molar-refractivity contribution in [3.05, 3.63) is 71.3 Å². The Hall–Kier alpha value is -2.90. The molecule has 0 N–H and O–H groups in total. The first-order valence-electron chi connectivity index (χ1n) is 10.3. The van der Waals surface area contributed by atoms with Gasteiger partial charge in [-0.3, -0.25) is 14.2 Å². The van der Waals surface area contributed by atoms with Crippen molar-refractivity contribution in [1.82, 2.24) is 14.8 Å². The van der Waals surface area contributed by atoms with E-state index >= 15 is 0 Å². The lowest BCUT2D eigenvalue weighted by Gasteiger charge is -2.15. The van der Waals surface area contributed by atoms with Crippen molar-refractivity contribution in [3.8, 4) is 11.4 Å². The van der Waals surface area contributed by atoms with Gasteiger partial charge in [0.25, 0.3) is 0 Å². The molecule has 1 unspecified atom stereocenters. The maximum Gasteiger partial charge on any atom is 0.223 e. The molecule has 0 spiro atoms. The van der Waals surface area contributed by atoms with E-state index in [1.165, 1.54) is 11.8 Å². The van der Waals surface area contributed by atoms with Crippen molar-refractivity contribution in [3.63, 3.8) is 0 Å². The predicted octanol–water partition coefficient (Wildman–Crippen LogP) is 5.06. The van der Waals surface area contributed by atoms with Gasteiger partial charge >= 0.3 is 0 Å². The number of benzene rings is 2. The summed E-state index contributed by atoms with van der Waals surface area (Å²) in [6.07, 6.45) is 2.54. The fourth-order valence-corrected chi connectivity index (χ4v) is 4.87. The van der Waals surface area contributed by atoms with Crippen LogP contribution in [0.2, 0.25) is 5.02 Å². The Bertz CT molecular complexity index is 1190. The lowest BCUT2D eigenvalue weighted by atomic mass is 10.0. The third kappa shape index (κ3) is 4.36. The first kappa shape index (κ1) is 22.3. The molecule has 164 valence electrons. The van der Waals surface area contributed by atoms with Gasteiger partial charge in [-0.1, -0.05) is 29.4 Å². The van der Waals surface area contributed by atoms with E-state index in [0.717, 1.165) is 23.2 Å². The number of ketones is 1. The summed E-state index contributed by atoms with van der Waals surface area (Å²) in [7, 11) is 0. The Balaban J connectivity index is 1.56. The molecule has 6 nitrogen and oxygen atoms in total. The highest BCUT2D eigenvalue weighted by atomic mass is 35.5. The van der Waals surface area contributed by atoms with Crippen LogP contribution in [0.3, 0.4) is 0 Å². The van der Waals surface area contributed by atoms with E-state index in [2.05, 4.69) is 16.8 Å². The molecule has 3 aromatic rings. The number of hydrogen-bond donors (Lipinski definition) is 0. The van der Waals surface area contributed by atoms with E-state index in [-0.39, 0.29) is 16.9 Å². The smallest absolute Gasteiger partial charge is 0.223 e. The summed E-state index contributed by atoms with van der Waals surface area (Å²) in [5.41, 5.74) is 3.46. The Kier molecular flexibility index (Phi) is 6.48. The molecule has 1 amide bonds. The van der Waals surface area contributed by atoms with Gasteiger partial charge < -0.3 is 4.90 Å². The topological polar surface area (TPSA) is 68.1 Å². The molecule has 0 fully saturated rings. The zero-order chi connectivity index (χ0) is 22.8. The monoisotopic (exact) mass is 466 g/mol. The highest BCUT2D eigenvalue weighted by molar-refractivity contribution is 8.00. The van der Waals surface area contributed by atoms with Crippen molar-refractivity contribution >= 4 is 40.7 Å². The molecule has 32 heavy (non-hydrogen) atoms. The first-order valence-corrected chi connectivity index (χ1v) is 11.6. The van der Waals surface area contributed by atoms with Crippen LogP contribution in [-0.2, 0) is 17.8 Å². The lowest BCUT2D eigenvalue weighted by molar-refractivity contribution is -0.116. The molecule has 0 saturated heterocycles. The Morgan fingerprint density at radius 2 is 1.97 bits per heavy atom. The predicted molar refractivity (Wildman–Crippen MR) is 128 cm³/mol. The van der Waals surface area contributed by atoms with Crippen LogP contribution in [0.25, 0.3) is 11.4 Å². The van der Waals surface area contributed by atoms with Gasteiger partial charge in [0.15, 0.2) is 16.8 Å². The minimum Gasteiger partial charge on any atom is -0.312 e. The largest absolute Gasteiger partial charge is 0.312 e. The van der Waals surface area contributed by atoms with Gasteiger partial charge in [0.1, 0.15) is 0 Å². The van der Waals surface area contributed by atoms with E-state index in [1.54, 1.807) is 24.0 Å². The number of Topliss-reactive ketones (excluding diaryl/α,β-unsaturated/α-hetero) is 1. The minimum absolute atomic E-state index is 0.0141. The molecule has 1 aromatic heterocycles. The van der Waals surface area contributed by atoms with Crippen LogP contribution in [0, 0.1) is 0 Å². The van der Waals surface area contributed by atoms with Crippen LogP contribution in [0.4, 0.5) is 5.69 Å². The molecule has 2 aromatic carbocycles. The third-order valence-corrected chi connectivity index (χ3v) is 6.75. The molecule has 1 aliphatic heterocycles. The quantitative estimate of drug-likeness (QED) is 0.276. The number of hydrogen-bond acceptors (Lipinski definition) is 5. The average Bonchev–Trinajstić information content (AvgIpc) is 3.38. The van der Waals surface area contributed by atoms with E-state index < -0.39 is 0 Å². The molecule has 0 bridgehead atoms. The number of nitrogens with zero attached hydrogens (tertiary/aromatic N) is 4. The van der Waals surface area contributed by atoms with Crippen LogP contribution < -0.4 is 4.90 Å². The number of thioether (sulfide) groups is 1. The first-order chi connectivity index (χ1) is 15.4. The van der Waals surface area contributed by atoms with Gasteiger partial charge in [-0.2, -0.15) is 0 Å². The molecule has 1 aliphatic rings. The van der Waals surface area contributed by atoms with Crippen molar-refractivity contribution in [2.24, 2.45) is 0 Å². The molecular formula is C24H23ClN4O2S. The van der Waals surface area contributed by atoms with E-state index in [0.29, 0.717) is 34.7 Å². The van der Waals surface area contributed by atoms with Crippen LogP contribution in [0.5, 0.6) is 0 Å². The number of allylic oxidation sites excluding steroid dienone is 1. The Morgan fingerprint density at radius 3 is 2.66 bits per heavy atom. The minimum atomic E-state index is -0.357. The number of anilines is 1. The molecule has 1 atom stereocenters. The molecule has 0 saturated carbocycles. The summed E-state index contributed by atoms with van der Waals surface area (Å²) in [6, 6.07) is 13.0. The Morgan fingerprint density at radius 1 is 1.22 bits per heavy atom. The van der Waals surface area contributed by atoms with Crippen molar-refractivity contribution in [1.29, 1.82) is 0 Å². The number of carbonyl (C=O) groups is 2. The maximum atomic E-state index is 13.2. The van der Waals surface area contributed by atoms with E-state index in [9.17, 15) is 9.59 Å². The fraction of sp³-hybridized carbons (Fsp3) is 0.250. The summed E-state index contributed by atoms with van der Waals surface area (Å²) in [5, 5.41) is 9.63. The van der Waals surface area contributed by atoms with Crippen molar-refractivity contribution in [2.45, 2.75) is 37.2 Å². The summed E-state index contributed by atoms with van der Waals surface area (Å²) >= 11 is 7.38. The standard InChI is InChI=1S/C24H23ClN4O2S/c1-4-12-29-23(17-5-8-20(25)9-6-17)26-27-24(29)32-15(2)22(31)19-7-10-21-18(14-19)11-13-28(21)16(3)30/h4-10,14-15H,1,11-13H2,2-3H3. The molecule has 4 rings (SSSR count). The number of rotatable bonds is 7. The summed E-state index contributed by atoms with van der Waals surface area (Å²) < 4.78 is 1.94. The highest BCUT2D eigenvalue weighted by Crippen LogP contribution is 2.32. The molecule has 0 aliphatic carbocycles. The second-order valence-electron chi connectivity index (χ2n) is 7.60. The van der Waals surface area contributed by atoms with Gasteiger partial charge in [-0.05, 0) is 61.4 Å². The molecular weight excluding hydrogens is 444 g/mol. The number of aromatic nitrogens is 3. The number of amides is 1. The van der Waals surface area contributed by atoms with Crippen molar-refractivity contribution < 1.29 is 9.59 Å². The zero-order valence-electron chi connectivity index (χ0n) is 17.9. The summed E-state index contributed by atoms with van der Waals surface area (Å²) in [4.78, 5) is 26.7. The maximum absolute atomic E-state index is 13.2. The van der Waals surface area contributed by atoms with E-state index in [4.69, 9.17) is 11.6 Å². The second-order valence-corrected chi connectivity index (χ2v) is 9.35. The second kappa shape index (κ2) is 9.30.